The molecule has 2 aromatic carbocycles. The fourth-order valence-electron chi connectivity index (χ4n) is 5.83. The van der Waals surface area contributed by atoms with Crippen LogP contribution in [0.1, 0.15) is 42.7 Å². The monoisotopic (exact) mass is 462 g/mol. The number of aliphatic carboxylic acids is 1. The number of rotatable bonds is 7. The number of carbonyl (C=O) groups is 3. The maximum absolute atomic E-state index is 12.9. The van der Waals surface area contributed by atoms with Gasteiger partial charge >= 0.3 is 12.1 Å². The number of hydrogen-bond donors (Lipinski definition) is 2. The molecular formula is C27H30N2O5. The first-order valence-corrected chi connectivity index (χ1v) is 12.1. The predicted molar refractivity (Wildman–Crippen MR) is 126 cm³/mol. The Balaban J connectivity index is 1.12. The summed E-state index contributed by atoms with van der Waals surface area (Å²) < 4.78 is 5.63. The molecule has 5 rings (SSSR count). The van der Waals surface area contributed by atoms with Crippen molar-refractivity contribution in [1.82, 2.24) is 10.2 Å². The third kappa shape index (κ3) is 4.39. The maximum Gasteiger partial charge on any atom is 0.407 e. The number of nitrogens with one attached hydrogen (secondary N) is 1. The molecule has 1 heterocycles. The average Bonchev–Trinajstić information content (AvgIpc) is 3.40. The number of fused-ring (bicyclic) bond motifs is 3. The van der Waals surface area contributed by atoms with E-state index in [9.17, 15) is 14.4 Å². The lowest BCUT2D eigenvalue weighted by atomic mass is 9.90. The van der Waals surface area contributed by atoms with Gasteiger partial charge in [-0.05, 0) is 41.0 Å². The van der Waals surface area contributed by atoms with Gasteiger partial charge in [0, 0.05) is 37.4 Å². The smallest absolute Gasteiger partial charge is 0.407 e. The zero-order valence-electron chi connectivity index (χ0n) is 19.1. The van der Waals surface area contributed by atoms with E-state index < -0.39 is 12.1 Å². The lowest BCUT2D eigenvalue weighted by Crippen LogP contribution is -2.53. The summed E-state index contributed by atoms with van der Waals surface area (Å²) in [4.78, 5) is 38.0. The lowest BCUT2D eigenvalue weighted by Gasteiger charge is -2.40. The van der Waals surface area contributed by atoms with Crippen molar-refractivity contribution in [1.29, 1.82) is 0 Å². The number of carbonyl (C=O) groups excluding carboxylic acids is 2. The molecule has 2 amide bonds. The molecule has 0 spiro atoms. The second kappa shape index (κ2) is 9.49. The average molecular weight is 463 g/mol. The molecule has 0 aromatic heterocycles. The van der Waals surface area contributed by atoms with E-state index in [1.807, 2.05) is 24.3 Å². The Morgan fingerprint density at radius 1 is 0.971 bits per heavy atom. The fraction of sp³-hybridized carbons (Fsp3) is 0.444. The second-order valence-corrected chi connectivity index (χ2v) is 9.71. The van der Waals surface area contributed by atoms with Crippen LogP contribution < -0.4 is 5.32 Å². The molecule has 178 valence electrons. The highest BCUT2D eigenvalue weighted by Crippen LogP contribution is 2.44. The molecule has 7 heteroatoms. The molecule has 2 fully saturated rings. The van der Waals surface area contributed by atoms with Gasteiger partial charge < -0.3 is 20.1 Å². The van der Waals surface area contributed by atoms with Gasteiger partial charge in [0.1, 0.15) is 6.61 Å². The van der Waals surface area contributed by atoms with Crippen molar-refractivity contribution >= 4 is 18.0 Å². The van der Waals surface area contributed by atoms with Crippen LogP contribution in [-0.4, -0.2) is 54.2 Å². The van der Waals surface area contributed by atoms with Gasteiger partial charge in [-0.1, -0.05) is 55.0 Å². The Bertz CT molecular complexity index is 1050. The van der Waals surface area contributed by atoms with Crippen molar-refractivity contribution in [2.24, 2.45) is 17.8 Å². The summed E-state index contributed by atoms with van der Waals surface area (Å²) in [6, 6.07) is 16.5. The fourth-order valence-corrected chi connectivity index (χ4v) is 5.83. The number of likely N-dealkylation sites (tertiary alicyclic amines) is 1. The molecule has 2 aromatic rings. The van der Waals surface area contributed by atoms with E-state index in [1.54, 1.807) is 4.90 Å². The van der Waals surface area contributed by atoms with Crippen LogP contribution in [0.4, 0.5) is 4.79 Å². The topological polar surface area (TPSA) is 95.9 Å². The van der Waals surface area contributed by atoms with Crippen LogP contribution in [0.25, 0.3) is 11.1 Å². The molecule has 3 aliphatic rings. The zero-order valence-corrected chi connectivity index (χ0v) is 19.1. The van der Waals surface area contributed by atoms with Gasteiger partial charge in [0.2, 0.25) is 5.91 Å². The number of benzene rings is 2. The Labute approximate surface area is 199 Å². The standard InChI is InChI=1S/C27H30N2O5/c30-25(31)12-17-14-29(15-17)26(32)19-11-5-6-18(19)13-28-27(33)34-16-24-22-9-3-1-7-20(22)21-8-2-4-10-23(21)24/h1-4,7-10,17-19,24H,5-6,11-16H2,(H,28,33)(H,30,31). The van der Waals surface area contributed by atoms with E-state index >= 15 is 0 Å². The molecule has 2 N–H and O–H groups in total. The summed E-state index contributed by atoms with van der Waals surface area (Å²) in [5, 5.41) is 11.8. The molecule has 1 saturated carbocycles. The minimum atomic E-state index is -0.817. The maximum atomic E-state index is 12.9. The molecular weight excluding hydrogens is 432 g/mol. The summed E-state index contributed by atoms with van der Waals surface area (Å²) in [6.07, 6.45) is 2.33. The Hall–Kier alpha value is -3.35. The SMILES string of the molecule is O=C(O)CC1CN(C(=O)C2CCCC2CNC(=O)OCC2c3ccccc3-c3ccccc32)C1. The number of carboxylic acids is 1. The van der Waals surface area contributed by atoms with E-state index in [0.29, 0.717) is 19.6 Å². The van der Waals surface area contributed by atoms with E-state index in [4.69, 9.17) is 9.84 Å². The molecule has 0 radical (unpaired) electrons. The molecule has 7 nitrogen and oxygen atoms in total. The first kappa shape index (κ1) is 22.4. The van der Waals surface area contributed by atoms with Gasteiger partial charge in [-0.2, -0.15) is 0 Å². The summed E-state index contributed by atoms with van der Waals surface area (Å²) in [6.45, 7) is 1.73. The van der Waals surface area contributed by atoms with Crippen LogP contribution in [0.2, 0.25) is 0 Å². The van der Waals surface area contributed by atoms with Gasteiger partial charge in [-0.3, -0.25) is 9.59 Å². The molecule has 1 aliphatic heterocycles. The molecule has 2 aliphatic carbocycles. The van der Waals surface area contributed by atoms with Crippen molar-refractivity contribution in [3.63, 3.8) is 0 Å². The summed E-state index contributed by atoms with van der Waals surface area (Å²) in [7, 11) is 0. The van der Waals surface area contributed by atoms with E-state index in [1.165, 1.54) is 22.3 Å². The third-order valence-corrected chi connectivity index (χ3v) is 7.56. The molecule has 34 heavy (non-hydrogen) atoms. The van der Waals surface area contributed by atoms with Gasteiger partial charge in [-0.25, -0.2) is 4.79 Å². The van der Waals surface area contributed by atoms with Crippen LogP contribution in [-0.2, 0) is 14.3 Å². The first-order chi connectivity index (χ1) is 16.5. The van der Waals surface area contributed by atoms with Crippen LogP contribution in [0.3, 0.4) is 0 Å². The number of nitrogens with zero attached hydrogens (tertiary/aromatic N) is 1. The third-order valence-electron chi connectivity index (χ3n) is 7.56. The van der Waals surface area contributed by atoms with Crippen LogP contribution >= 0.6 is 0 Å². The molecule has 0 bridgehead atoms. The van der Waals surface area contributed by atoms with Crippen molar-refractivity contribution in [3.05, 3.63) is 59.7 Å². The van der Waals surface area contributed by atoms with Crippen molar-refractivity contribution in [3.8, 4) is 11.1 Å². The Morgan fingerprint density at radius 3 is 2.26 bits per heavy atom. The van der Waals surface area contributed by atoms with Crippen LogP contribution in [0, 0.1) is 17.8 Å². The minimum Gasteiger partial charge on any atom is -0.481 e. The van der Waals surface area contributed by atoms with Gasteiger partial charge in [-0.15, -0.1) is 0 Å². The molecule has 2 unspecified atom stereocenters. The van der Waals surface area contributed by atoms with Gasteiger partial charge in [0.25, 0.3) is 0 Å². The highest BCUT2D eigenvalue weighted by Gasteiger charge is 2.40. The Morgan fingerprint density at radius 2 is 1.62 bits per heavy atom. The first-order valence-electron chi connectivity index (χ1n) is 12.1. The summed E-state index contributed by atoms with van der Waals surface area (Å²) in [5.74, 6) is -0.669. The number of carboxylic acid groups (broad SMARTS) is 1. The van der Waals surface area contributed by atoms with Gasteiger partial charge in [0.15, 0.2) is 0 Å². The largest absolute Gasteiger partial charge is 0.481 e. The van der Waals surface area contributed by atoms with Crippen molar-refractivity contribution in [2.45, 2.75) is 31.6 Å². The summed E-state index contributed by atoms with van der Waals surface area (Å²) in [5.41, 5.74) is 4.73. The van der Waals surface area contributed by atoms with Crippen LogP contribution in [0.15, 0.2) is 48.5 Å². The minimum absolute atomic E-state index is 0.0177. The highest BCUT2D eigenvalue weighted by molar-refractivity contribution is 5.81. The lowest BCUT2D eigenvalue weighted by molar-refractivity contribution is -0.148. The van der Waals surface area contributed by atoms with E-state index in [2.05, 4.69) is 29.6 Å². The van der Waals surface area contributed by atoms with Crippen LogP contribution in [0.5, 0.6) is 0 Å². The summed E-state index contributed by atoms with van der Waals surface area (Å²) >= 11 is 0. The number of alkyl carbamates (subject to hydrolysis) is 1. The number of hydrogen-bond acceptors (Lipinski definition) is 4. The van der Waals surface area contributed by atoms with Gasteiger partial charge in [0.05, 0.1) is 6.42 Å². The number of amides is 2. The normalized spacial score (nSPS) is 21.5. The molecule has 2 atom stereocenters. The Kier molecular flexibility index (Phi) is 6.26. The second-order valence-electron chi connectivity index (χ2n) is 9.71. The van der Waals surface area contributed by atoms with Crippen molar-refractivity contribution in [2.75, 3.05) is 26.2 Å². The van der Waals surface area contributed by atoms with E-state index in [0.717, 1.165) is 19.3 Å². The van der Waals surface area contributed by atoms with Crippen molar-refractivity contribution < 1.29 is 24.2 Å². The molecule has 1 saturated heterocycles. The highest BCUT2D eigenvalue weighted by atomic mass is 16.5. The zero-order chi connectivity index (χ0) is 23.7. The van der Waals surface area contributed by atoms with E-state index in [-0.39, 0.29) is 42.6 Å². The number of ether oxygens (including phenoxy) is 1. The predicted octanol–water partition coefficient (Wildman–Crippen LogP) is 3.87. The quantitative estimate of drug-likeness (QED) is 0.651.